The van der Waals surface area contributed by atoms with Crippen molar-refractivity contribution in [2.75, 3.05) is 13.1 Å². The second kappa shape index (κ2) is 3.99. The van der Waals surface area contributed by atoms with Gasteiger partial charge in [-0.05, 0) is 36.6 Å². The van der Waals surface area contributed by atoms with Crippen LogP contribution in [0.1, 0.15) is 17.9 Å². The minimum atomic E-state index is 0.645. The van der Waals surface area contributed by atoms with E-state index in [-0.39, 0.29) is 0 Å². The van der Waals surface area contributed by atoms with Gasteiger partial charge in [0.1, 0.15) is 0 Å². The van der Waals surface area contributed by atoms with Crippen molar-refractivity contribution in [2.24, 2.45) is 0 Å². The maximum Gasteiger partial charge on any atom is 0.0417 e. The Morgan fingerprint density at radius 3 is 2.92 bits per heavy atom. The molecule has 0 aliphatic carbocycles. The van der Waals surface area contributed by atoms with Crippen LogP contribution in [0.25, 0.3) is 0 Å². The molecular formula is C10H11BrClN. The molecule has 0 unspecified atom stereocenters. The molecule has 1 N–H and O–H groups in total. The first-order valence-corrected chi connectivity index (χ1v) is 5.60. The van der Waals surface area contributed by atoms with Crippen LogP contribution in [0.3, 0.4) is 0 Å². The van der Waals surface area contributed by atoms with Crippen LogP contribution in [-0.4, -0.2) is 13.1 Å². The zero-order chi connectivity index (χ0) is 9.26. The van der Waals surface area contributed by atoms with Gasteiger partial charge in [-0.3, -0.25) is 0 Å². The molecule has 1 nitrogen and oxygen atoms in total. The Labute approximate surface area is 91.6 Å². The van der Waals surface area contributed by atoms with Gasteiger partial charge in [0.05, 0.1) is 0 Å². The van der Waals surface area contributed by atoms with Gasteiger partial charge in [-0.25, -0.2) is 0 Å². The Hall–Kier alpha value is -0.0500. The van der Waals surface area contributed by atoms with Gasteiger partial charge >= 0.3 is 0 Å². The van der Waals surface area contributed by atoms with Crippen LogP contribution in [0, 0.1) is 0 Å². The van der Waals surface area contributed by atoms with E-state index in [9.17, 15) is 0 Å². The van der Waals surface area contributed by atoms with E-state index in [1.165, 1.54) is 12.0 Å². The number of halogens is 2. The van der Waals surface area contributed by atoms with Gasteiger partial charge in [0.15, 0.2) is 0 Å². The number of hydrogen-bond acceptors (Lipinski definition) is 1. The molecule has 70 valence electrons. The van der Waals surface area contributed by atoms with Crippen molar-refractivity contribution in [1.29, 1.82) is 0 Å². The summed E-state index contributed by atoms with van der Waals surface area (Å²) in [6, 6.07) is 6.04. The summed E-state index contributed by atoms with van der Waals surface area (Å²) in [4.78, 5) is 0. The van der Waals surface area contributed by atoms with Crippen molar-refractivity contribution in [3.8, 4) is 0 Å². The lowest BCUT2D eigenvalue weighted by Gasteiger charge is -2.10. The monoisotopic (exact) mass is 259 g/mol. The smallest absolute Gasteiger partial charge is 0.0417 e. The molecule has 1 aromatic carbocycles. The normalized spacial score (nSPS) is 22.2. The zero-order valence-electron chi connectivity index (χ0n) is 7.19. The van der Waals surface area contributed by atoms with Crippen LogP contribution in [0.4, 0.5) is 0 Å². The third-order valence-electron chi connectivity index (χ3n) is 2.46. The lowest BCUT2D eigenvalue weighted by atomic mass is 9.99. The van der Waals surface area contributed by atoms with Crippen LogP contribution in [0.5, 0.6) is 0 Å². The van der Waals surface area contributed by atoms with Crippen LogP contribution in [0.2, 0.25) is 5.02 Å². The summed E-state index contributed by atoms with van der Waals surface area (Å²) in [6.45, 7) is 2.21. The predicted octanol–water partition coefficient (Wildman–Crippen LogP) is 3.18. The molecule has 0 radical (unpaired) electrons. The SMILES string of the molecule is Clc1ccc([C@@H]2CCNC2)c(Br)c1. The Morgan fingerprint density at radius 1 is 1.46 bits per heavy atom. The first kappa shape index (κ1) is 9.50. The summed E-state index contributed by atoms with van der Waals surface area (Å²) >= 11 is 9.42. The molecule has 1 saturated heterocycles. The van der Waals surface area contributed by atoms with E-state index in [1.807, 2.05) is 12.1 Å². The number of nitrogens with one attached hydrogen (secondary N) is 1. The van der Waals surface area contributed by atoms with Crippen molar-refractivity contribution in [2.45, 2.75) is 12.3 Å². The molecule has 1 fully saturated rings. The van der Waals surface area contributed by atoms with E-state index in [1.54, 1.807) is 0 Å². The van der Waals surface area contributed by atoms with Crippen LogP contribution >= 0.6 is 27.5 Å². The van der Waals surface area contributed by atoms with Crippen LogP contribution < -0.4 is 5.32 Å². The van der Waals surface area contributed by atoms with Gasteiger partial charge in [-0.2, -0.15) is 0 Å². The van der Waals surface area contributed by atoms with E-state index in [2.05, 4.69) is 27.3 Å². The fraction of sp³-hybridized carbons (Fsp3) is 0.400. The van der Waals surface area contributed by atoms with E-state index >= 15 is 0 Å². The third-order valence-corrected chi connectivity index (χ3v) is 3.38. The number of hydrogen-bond donors (Lipinski definition) is 1. The zero-order valence-corrected chi connectivity index (χ0v) is 9.53. The van der Waals surface area contributed by atoms with Crippen molar-refractivity contribution in [3.05, 3.63) is 33.3 Å². The molecule has 3 heteroatoms. The standard InChI is InChI=1S/C10H11BrClN/c11-10-5-8(12)1-2-9(10)7-3-4-13-6-7/h1-2,5,7,13H,3-4,6H2/t7-/m1/s1. The summed E-state index contributed by atoms with van der Waals surface area (Å²) in [5.41, 5.74) is 1.37. The summed E-state index contributed by atoms with van der Waals surface area (Å²) in [5, 5.41) is 4.15. The highest BCUT2D eigenvalue weighted by molar-refractivity contribution is 9.10. The molecule has 1 aliphatic rings. The molecule has 1 aliphatic heterocycles. The average molecular weight is 261 g/mol. The summed E-state index contributed by atoms with van der Waals surface area (Å²) in [5.74, 6) is 0.645. The first-order valence-electron chi connectivity index (χ1n) is 4.43. The summed E-state index contributed by atoms with van der Waals surface area (Å²) < 4.78 is 1.13. The number of rotatable bonds is 1. The lowest BCUT2D eigenvalue weighted by molar-refractivity contribution is 0.760. The first-order chi connectivity index (χ1) is 6.27. The molecule has 1 aromatic rings. The highest BCUT2D eigenvalue weighted by atomic mass is 79.9. The molecule has 1 heterocycles. The Morgan fingerprint density at radius 2 is 2.31 bits per heavy atom. The van der Waals surface area contributed by atoms with Gasteiger partial charge in [-0.15, -0.1) is 0 Å². The third kappa shape index (κ3) is 2.06. The molecule has 0 saturated carbocycles. The molecule has 0 bridgehead atoms. The molecular weight excluding hydrogens is 249 g/mol. The fourth-order valence-electron chi connectivity index (χ4n) is 1.75. The highest BCUT2D eigenvalue weighted by Crippen LogP contribution is 2.30. The lowest BCUT2D eigenvalue weighted by Crippen LogP contribution is -2.08. The van der Waals surface area contributed by atoms with Crippen molar-refractivity contribution < 1.29 is 0 Å². The van der Waals surface area contributed by atoms with Gasteiger partial charge in [0.25, 0.3) is 0 Å². The van der Waals surface area contributed by atoms with Crippen LogP contribution in [0.15, 0.2) is 22.7 Å². The van der Waals surface area contributed by atoms with Crippen molar-refractivity contribution in [3.63, 3.8) is 0 Å². The molecule has 0 spiro atoms. The number of benzene rings is 1. The Balaban J connectivity index is 2.29. The summed E-state index contributed by atoms with van der Waals surface area (Å²) in [6.07, 6.45) is 1.22. The van der Waals surface area contributed by atoms with E-state index in [0.717, 1.165) is 22.6 Å². The van der Waals surface area contributed by atoms with Gasteiger partial charge < -0.3 is 5.32 Å². The van der Waals surface area contributed by atoms with Crippen molar-refractivity contribution >= 4 is 27.5 Å². The Bertz CT molecular complexity index is 308. The van der Waals surface area contributed by atoms with Gasteiger partial charge in [0.2, 0.25) is 0 Å². The largest absolute Gasteiger partial charge is 0.316 e. The molecule has 2 rings (SSSR count). The molecule has 13 heavy (non-hydrogen) atoms. The quantitative estimate of drug-likeness (QED) is 0.818. The molecule has 0 amide bonds. The highest BCUT2D eigenvalue weighted by Gasteiger charge is 2.18. The second-order valence-electron chi connectivity index (χ2n) is 3.36. The minimum Gasteiger partial charge on any atom is -0.316 e. The average Bonchev–Trinajstić information content (AvgIpc) is 2.56. The van der Waals surface area contributed by atoms with E-state index in [4.69, 9.17) is 11.6 Å². The summed E-state index contributed by atoms with van der Waals surface area (Å²) in [7, 11) is 0. The van der Waals surface area contributed by atoms with Gasteiger partial charge in [0, 0.05) is 16.0 Å². The van der Waals surface area contributed by atoms with Crippen molar-refractivity contribution in [1.82, 2.24) is 5.32 Å². The molecule has 1 atom stereocenters. The van der Waals surface area contributed by atoms with Crippen LogP contribution in [-0.2, 0) is 0 Å². The molecule has 0 aromatic heterocycles. The van der Waals surface area contributed by atoms with Gasteiger partial charge in [-0.1, -0.05) is 33.6 Å². The van der Waals surface area contributed by atoms with E-state index < -0.39 is 0 Å². The topological polar surface area (TPSA) is 12.0 Å². The maximum atomic E-state index is 5.88. The fourth-order valence-corrected chi connectivity index (χ4v) is 2.76. The second-order valence-corrected chi connectivity index (χ2v) is 4.65. The Kier molecular flexibility index (Phi) is 2.92. The predicted molar refractivity (Wildman–Crippen MR) is 59.4 cm³/mol. The van der Waals surface area contributed by atoms with E-state index in [0.29, 0.717) is 5.92 Å². The minimum absolute atomic E-state index is 0.645. The maximum absolute atomic E-state index is 5.88.